The Morgan fingerprint density at radius 3 is 2.69 bits per heavy atom. The Bertz CT molecular complexity index is 1410. The van der Waals surface area contributed by atoms with E-state index >= 15 is 0 Å². The first kappa shape index (κ1) is 22.3. The maximum absolute atomic E-state index is 11.4. The predicted octanol–water partition coefficient (Wildman–Crippen LogP) is 5.22. The van der Waals surface area contributed by atoms with Gasteiger partial charge in [0.15, 0.2) is 0 Å². The van der Waals surface area contributed by atoms with Crippen LogP contribution in [-0.2, 0) is 11.2 Å². The molecule has 2 atom stereocenters. The molecule has 0 radical (unpaired) electrons. The number of aromatic nitrogens is 4. The molecule has 0 amide bonds. The van der Waals surface area contributed by atoms with Crippen molar-refractivity contribution in [2.45, 2.75) is 31.8 Å². The van der Waals surface area contributed by atoms with E-state index in [0.29, 0.717) is 17.9 Å². The average Bonchev–Trinajstić information content (AvgIpc) is 3.56. The maximum atomic E-state index is 11.4. The van der Waals surface area contributed by atoms with Gasteiger partial charge in [0.2, 0.25) is 0 Å². The van der Waals surface area contributed by atoms with Crippen LogP contribution in [0.25, 0.3) is 10.9 Å². The van der Waals surface area contributed by atoms with Crippen LogP contribution < -0.4 is 4.74 Å². The largest absolute Gasteiger partial charge is 0.485 e. The van der Waals surface area contributed by atoms with Gasteiger partial charge in [0.25, 0.3) is 0 Å². The summed E-state index contributed by atoms with van der Waals surface area (Å²) in [5.74, 6) is -0.645. The highest BCUT2D eigenvalue weighted by molar-refractivity contribution is 5.83. The van der Waals surface area contributed by atoms with E-state index in [1.807, 2.05) is 36.5 Å². The van der Waals surface area contributed by atoms with Gasteiger partial charge < -0.3 is 19.4 Å². The van der Waals surface area contributed by atoms with E-state index in [1.165, 1.54) is 6.26 Å². The number of benzene rings is 2. The Hall–Kier alpha value is -4.46. The Morgan fingerprint density at radius 1 is 1.11 bits per heavy atom. The third-order valence-corrected chi connectivity index (χ3v) is 6.14. The Labute approximate surface area is 201 Å². The quantitative estimate of drug-likeness (QED) is 0.305. The molecule has 5 aromatic rings. The van der Waals surface area contributed by atoms with Gasteiger partial charge in [0, 0.05) is 48.7 Å². The average molecular weight is 469 g/mol. The van der Waals surface area contributed by atoms with E-state index in [9.17, 15) is 9.90 Å². The molecular weight excluding hydrogens is 444 g/mol. The number of aromatic amines is 1. The molecule has 8 heteroatoms. The van der Waals surface area contributed by atoms with E-state index in [4.69, 9.17) is 9.26 Å². The lowest BCUT2D eigenvalue weighted by atomic mass is 9.92. The van der Waals surface area contributed by atoms with Crippen LogP contribution in [0.1, 0.15) is 46.5 Å². The van der Waals surface area contributed by atoms with Crippen molar-refractivity contribution in [2.24, 2.45) is 0 Å². The van der Waals surface area contributed by atoms with Crippen molar-refractivity contribution in [3.63, 3.8) is 0 Å². The lowest BCUT2D eigenvalue weighted by Crippen LogP contribution is -2.14. The van der Waals surface area contributed by atoms with Crippen LogP contribution in [-0.4, -0.2) is 31.2 Å². The molecule has 2 unspecified atom stereocenters. The number of ether oxygens (including phenoxy) is 1. The molecule has 2 aromatic carbocycles. The fraction of sp³-hybridized carbons (Fsp3) is 0.185. The molecule has 3 heterocycles. The number of rotatable bonds is 9. The summed E-state index contributed by atoms with van der Waals surface area (Å²) < 4.78 is 11.4. The summed E-state index contributed by atoms with van der Waals surface area (Å²) in [5, 5.41) is 14.5. The second kappa shape index (κ2) is 9.80. The van der Waals surface area contributed by atoms with Crippen LogP contribution in [0, 0.1) is 6.92 Å². The number of carboxylic acids is 1. The standard InChI is InChI=1S/C27H24N4O4/c1-17-22(7-4-19-8-10-30-27(17)19)25(14-20-16-28-11-12-29-20)35-21-5-2-18(3-6-21)23(15-26(32)33)24-9-13-34-31-24/h2-13,16,23,25,30H,14-15H2,1H3,(H,32,33). The van der Waals surface area contributed by atoms with E-state index in [0.717, 1.165) is 33.3 Å². The first-order chi connectivity index (χ1) is 17.1. The fourth-order valence-corrected chi connectivity index (χ4v) is 4.40. The van der Waals surface area contributed by atoms with Crippen LogP contribution in [0.4, 0.5) is 0 Å². The Kier molecular flexibility index (Phi) is 6.26. The zero-order chi connectivity index (χ0) is 24.2. The predicted molar refractivity (Wildman–Crippen MR) is 129 cm³/mol. The minimum Gasteiger partial charge on any atom is -0.485 e. The van der Waals surface area contributed by atoms with Gasteiger partial charge in [-0.1, -0.05) is 29.4 Å². The number of carboxylic acid groups (broad SMARTS) is 1. The number of fused-ring (bicyclic) bond motifs is 1. The number of aliphatic carboxylic acids is 1. The number of hydrogen-bond acceptors (Lipinski definition) is 6. The first-order valence-electron chi connectivity index (χ1n) is 11.3. The fourth-order valence-electron chi connectivity index (χ4n) is 4.40. The number of nitrogens with zero attached hydrogens (tertiary/aromatic N) is 3. The molecule has 5 rings (SSSR count). The van der Waals surface area contributed by atoms with Crippen LogP contribution in [0.15, 0.2) is 84.1 Å². The molecule has 0 fully saturated rings. The van der Waals surface area contributed by atoms with Crippen molar-refractivity contribution < 1.29 is 19.2 Å². The van der Waals surface area contributed by atoms with Crippen molar-refractivity contribution in [1.29, 1.82) is 0 Å². The summed E-state index contributed by atoms with van der Waals surface area (Å²) in [4.78, 5) is 23.4. The molecule has 0 spiro atoms. The molecule has 0 saturated heterocycles. The van der Waals surface area contributed by atoms with Crippen molar-refractivity contribution in [1.82, 2.24) is 20.1 Å². The zero-order valence-electron chi connectivity index (χ0n) is 19.1. The first-order valence-corrected chi connectivity index (χ1v) is 11.3. The number of aryl methyl sites for hydroxylation is 1. The second-order valence-corrected chi connectivity index (χ2v) is 8.37. The molecule has 35 heavy (non-hydrogen) atoms. The minimum absolute atomic E-state index is 0.0859. The topological polar surface area (TPSA) is 114 Å². The molecule has 0 aliphatic carbocycles. The second-order valence-electron chi connectivity index (χ2n) is 8.37. The highest BCUT2D eigenvalue weighted by Gasteiger charge is 2.22. The highest BCUT2D eigenvalue weighted by Crippen LogP contribution is 2.33. The molecular formula is C27H24N4O4. The van der Waals surface area contributed by atoms with E-state index in [1.54, 1.807) is 24.7 Å². The smallest absolute Gasteiger partial charge is 0.304 e. The van der Waals surface area contributed by atoms with Crippen molar-refractivity contribution in [2.75, 3.05) is 0 Å². The zero-order valence-corrected chi connectivity index (χ0v) is 19.1. The van der Waals surface area contributed by atoms with E-state index in [2.05, 4.69) is 39.2 Å². The van der Waals surface area contributed by atoms with Crippen molar-refractivity contribution in [3.05, 3.63) is 108 Å². The molecule has 3 aromatic heterocycles. The van der Waals surface area contributed by atoms with Crippen LogP contribution in [0.5, 0.6) is 5.75 Å². The van der Waals surface area contributed by atoms with Crippen molar-refractivity contribution >= 4 is 16.9 Å². The Balaban J connectivity index is 1.45. The number of carbonyl (C=O) groups is 1. The number of H-pyrrole nitrogens is 1. The van der Waals surface area contributed by atoms with Crippen LogP contribution >= 0.6 is 0 Å². The molecule has 2 N–H and O–H groups in total. The third kappa shape index (κ3) is 4.91. The molecule has 0 bridgehead atoms. The van der Waals surface area contributed by atoms with Gasteiger partial charge in [-0.2, -0.15) is 0 Å². The lowest BCUT2D eigenvalue weighted by Gasteiger charge is -2.22. The van der Waals surface area contributed by atoms with Gasteiger partial charge >= 0.3 is 5.97 Å². The normalized spacial score (nSPS) is 12.9. The third-order valence-electron chi connectivity index (χ3n) is 6.14. The van der Waals surface area contributed by atoms with Gasteiger partial charge in [0.05, 0.1) is 17.8 Å². The molecule has 0 aliphatic heterocycles. The molecule has 0 saturated carbocycles. The molecule has 0 aliphatic rings. The molecule has 8 nitrogen and oxygen atoms in total. The summed E-state index contributed by atoms with van der Waals surface area (Å²) in [5.41, 5.74) is 5.48. The summed E-state index contributed by atoms with van der Waals surface area (Å²) in [7, 11) is 0. The highest BCUT2D eigenvalue weighted by atomic mass is 16.5. The van der Waals surface area contributed by atoms with Gasteiger partial charge in [-0.05, 0) is 47.2 Å². The Morgan fingerprint density at radius 2 is 1.97 bits per heavy atom. The van der Waals surface area contributed by atoms with Gasteiger partial charge in [0.1, 0.15) is 18.1 Å². The summed E-state index contributed by atoms with van der Waals surface area (Å²) in [6.07, 6.45) is 8.61. The lowest BCUT2D eigenvalue weighted by molar-refractivity contribution is -0.137. The summed E-state index contributed by atoms with van der Waals surface area (Å²) in [6.45, 7) is 2.08. The van der Waals surface area contributed by atoms with Gasteiger partial charge in [-0.15, -0.1) is 0 Å². The number of hydrogen-bond donors (Lipinski definition) is 2. The summed E-state index contributed by atoms with van der Waals surface area (Å²) in [6, 6.07) is 15.4. The monoisotopic (exact) mass is 468 g/mol. The van der Waals surface area contributed by atoms with Crippen LogP contribution in [0.2, 0.25) is 0 Å². The number of nitrogens with one attached hydrogen (secondary N) is 1. The molecule has 176 valence electrons. The SMILES string of the molecule is Cc1c(C(Cc2cnccn2)Oc2ccc(C(CC(=O)O)c3ccon3)cc2)ccc2cc[nH]c12. The van der Waals surface area contributed by atoms with Gasteiger partial charge in [-0.25, -0.2) is 0 Å². The maximum Gasteiger partial charge on any atom is 0.304 e. The van der Waals surface area contributed by atoms with Crippen LogP contribution in [0.3, 0.4) is 0 Å². The van der Waals surface area contributed by atoms with E-state index in [-0.39, 0.29) is 12.5 Å². The minimum atomic E-state index is -0.905. The van der Waals surface area contributed by atoms with Gasteiger partial charge in [-0.3, -0.25) is 14.8 Å². The van der Waals surface area contributed by atoms with Crippen molar-refractivity contribution in [3.8, 4) is 5.75 Å². The summed E-state index contributed by atoms with van der Waals surface area (Å²) >= 11 is 0. The van der Waals surface area contributed by atoms with E-state index < -0.39 is 11.9 Å².